The van der Waals surface area contributed by atoms with Crippen LogP contribution in [0.4, 0.5) is 17.6 Å². The Morgan fingerprint density at radius 3 is 2.44 bits per heavy atom. The van der Waals surface area contributed by atoms with Crippen molar-refractivity contribution >= 4 is 5.91 Å². The molecule has 0 fully saturated rings. The summed E-state index contributed by atoms with van der Waals surface area (Å²) in [6, 6.07) is 13.5. The molecule has 3 rings (SSSR count). The lowest BCUT2D eigenvalue weighted by molar-refractivity contribution is -0.143. The molecule has 0 aliphatic carbocycles. The van der Waals surface area contributed by atoms with E-state index < -0.39 is 29.2 Å². The molecule has 140 valence electrons. The monoisotopic (exact) mass is 377 g/mol. The lowest BCUT2D eigenvalue weighted by Gasteiger charge is -2.18. The number of carbonyl (C=O) groups is 1. The van der Waals surface area contributed by atoms with Crippen LogP contribution < -0.4 is 0 Å². The highest BCUT2D eigenvalue weighted by Gasteiger charge is 2.41. The summed E-state index contributed by atoms with van der Waals surface area (Å²) in [4.78, 5) is 13.8. The molecule has 1 aromatic heterocycles. The average molecular weight is 377 g/mol. The van der Waals surface area contributed by atoms with Crippen LogP contribution in [0.1, 0.15) is 21.6 Å². The first-order valence-electron chi connectivity index (χ1n) is 7.98. The van der Waals surface area contributed by atoms with Crippen molar-refractivity contribution in [1.82, 2.24) is 14.7 Å². The molecule has 8 heteroatoms. The Morgan fingerprint density at radius 1 is 1.11 bits per heavy atom. The van der Waals surface area contributed by atoms with Crippen LogP contribution in [0.5, 0.6) is 0 Å². The smallest absolute Gasteiger partial charge is 0.337 e. The fraction of sp³-hybridized carbons (Fsp3) is 0.158. The van der Waals surface area contributed by atoms with Crippen LogP contribution >= 0.6 is 0 Å². The van der Waals surface area contributed by atoms with Crippen LogP contribution in [0, 0.1) is 5.82 Å². The highest BCUT2D eigenvalue weighted by atomic mass is 19.4. The van der Waals surface area contributed by atoms with Gasteiger partial charge >= 0.3 is 6.18 Å². The molecule has 0 saturated carbocycles. The van der Waals surface area contributed by atoms with E-state index in [-0.39, 0.29) is 12.2 Å². The molecular weight excluding hydrogens is 362 g/mol. The summed E-state index contributed by atoms with van der Waals surface area (Å²) in [5, 5.41) is 3.69. The van der Waals surface area contributed by atoms with Crippen LogP contribution in [-0.4, -0.2) is 27.6 Å². The molecule has 0 aliphatic rings. The normalized spacial score (nSPS) is 11.4. The first-order chi connectivity index (χ1) is 12.8. The molecule has 2 aromatic carbocycles. The van der Waals surface area contributed by atoms with E-state index in [9.17, 15) is 22.4 Å². The molecule has 0 spiro atoms. The standard InChI is InChI=1S/C19H15F4N3O/c1-25(12-13-6-3-2-4-7-13)18(27)16-11-24-26(17(16)19(21,22)23)15-9-5-8-14(20)10-15/h2-11H,12H2,1H3. The van der Waals surface area contributed by atoms with Gasteiger partial charge in [0.1, 0.15) is 5.82 Å². The number of amides is 1. The summed E-state index contributed by atoms with van der Waals surface area (Å²) in [6.07, 6.45) is -3.99. The molecule has 1 amide bonds. The van der Waals surface area contributed by atoms with E-state index in [4.69, 9.17) is 0 Å². The van der Waals surface area contributed by atoms with Crippen molar-refractivity contribution in [1.29, 1.82) is 0 Å². The average Bonchev–Trinajstić information content (AvgIpc) is 3.07. The quantitative estimate of drug-likeness (QED) is 0.636. The molecule has 0 saturated heterocycles. The summed E-state index contributed by atoms with van der Waals surface area (Å²) < 4.78 is 54.9. The zero-order valence-corrected chi connectivity index (χ0v) is 14.2. The third kappa shape index (κ3) is 3.99. The van der Waals surface area contributed by atoms with E-state index in [2.05, 4.69) is 5.10 Å². The molecule has 3 aromatic rings. The fourth-order valence-corrected chi connectivity index (χ4v) is 2.72. The van der Waals surface area contributed by atoms with Crippen LogP contribution in [0.3, 0.4) is 0 Å². The van der Waals surface area contributed by atoms with Gasteiger partial charge in [0.25, 0.3) is 5.91 Å². The van der Waals surface area contributed by atoms with Gasteiger partial charge in [0.2, 0.25) is 0 Å². The molecule has 0 N–H and O–H groups in total. The molecule has 0 unspecified atom stereocenters. The SMILES string of the molecule is CN(Cc1ccccc1)C(=O)c1cnn(-c2cccc(F)c2)c1C(F)(F)F. The van der Waals surface area contributed by atoms with E-state index in [1.54, 1.807) is 30.3 Å². The lowest BCUT2D eigenvalue weighted by atomic mass is 10.1. The Labute approximate surface area is 152 Å². The highest BCUT2D eigenvalue weighted by Crippen LogP contribution is 2.34. The minimum absolute atomic E-state index is 0.118. The van der Waals surface area contributed by atoms with Crippen molar-refractivity contribution in [2.45, 2.75) is 12.7 Å². The van der Waals surface area contributed by atoms with Gasteiger partial charge in [0.05, 0.1) is 17.4 Å². The summed E-state index contributed by atoms with van der Waals surface area (Å²) in [6.45, 7) is 0.141. The second-order valence-electron chi connectivity index (χ2n) is 5.94. The Bertz CT molecular complexity index is 951. The predicted molar refractivity (Wildman–Crippen MR) is 90.8 cm³/mol. The maximum atomic E-state index is 13.7. The van der Waals surface area contributed by atoms with E-state index in [0.717, 1.165) is 23.9 Å². The fourth-order valence-electron chi connectivity index (χ4n) is 2.72. The molecule has 0 aliphatic heterocycles. The summed E-state index contributed by atoms with van der Waals surface area (Å²) in [5.74, 6) is -1.53. The predicted octanol–water partition coefficient (Wildman–Crippen LogP) is 4.30. The molecule has 0 bridgehead atoms. The van der Waals surface area contributed by atoms with Gasteiger partial charge in [-0.3, -0.25) is 4.79 Å². The molecule has 27 heavy (non-hydrogen) atoms. The van der Waals surface area contributed by atoms with Gasteiger partial charge in [0, 0.05) is 13.6 Å². The first kappa shape index (κ1) is 18.6. The molecular formula is C19H15F4N3O. The Hall–Kier alpha value is -3.16. The number of halogens is 4. The van der Waals surface area contributed by atoms with Crippen LogP contribution in [0.2, 0.25) is 0 Å². The topological polar surface area (TPSA) is 38.1 Å². The van der Waals surface area contributed by atoms with E-state index in [1.165, 1.54) is 24.1 Å². The van der Waals surface area contributed by atoms with Gasteiger partial charge in [-0.2, -0.15) is 18.3 Å². The maximum absolute atomic E-state index is 13.7. The first-order valence-corrected chi connectivity index (χ1v) is 7.98. The Kier molecular flexibility index (Phi) is 4.98. The number of hydrogen-bond donors (Lipinski definition) is 0. The third-order valence-corrected chi connectivity index (χ3v) is 3.93. The molecule has 1 heterocycles. The molecule has 0 radical (unpaired) electrons. The second kappa shape index (κ2) is 7.22. The third-order valence-electron chi connectivity index (χ3n) is 3.93. The van der Waals surface area contributed by atoms with Crippen molar-refractivity contribution in [3.05, 3.63) is 83.4 Å². The van der Waals surface area contributed by atoms with Crippen LogP contribution in [0.25, 0.3) is 5.69 Å². The van der Waals surface area contributed by atoms with Crippen molar-refractivity contribution in [3.63, 3.8) is 0 Å². The van der Waals surface area contributed by atoms with Crippen molar-refractivity contribution in [2.24, 2.45) is 0 Å². The van der Waals surface area contributed by atoms with Crippen LogP contribution in [0.15, 0.2) is 60.8 Å². The lowest BCUT2D eigenvalue weighted by Crippen LogP contribution is -2.28. The van der Waals surface area contributed by atoms with Gasteiger partial charge in [-0.15, -0.1) is 0 Å². The number of aromatic nitrogens is 2. The number of hydrogen-bond acceptors (Lipinski definition) is 2. The number of alkyl halides is 3. The van der Waals surface area contributed by atoms with E-state index >= 15 is 0 Å². The molecule has 0 atom stereocenters. The Balaban J connectivity index is 1.99. The summed E-state index contributed by atoms with van der Waals surface area (Å²) >= 11 is 0. The summed E-state index contributed by atoms with van der Waals surface area (Å²) in [5.41, 5.74) is -1.17. The number of nitrogens with zero attached hydrogens (tertiary/aromatic N) is 3. The van der Waals surface area contributed by atoms with Crippen LogP contribution in [-0.2, 0) is 12.7 Å². The van der Waals surface area contributed by atoms with Crippen molar-refractivity contribution < 1.29 is 22.4 Å². The minimum Gasteiger partial charge on any atom is -0.337 e. The molecule has 4 nitrogen and oxygen atoms in total. The largest absolute Gasteiger partial charge is 0.434 e. The number of carbonyl (C=O) groups excluding carboxylic acids is 1. The Morgan fingerprint density at radius 2 is 1.81 bits per heavy atom. The van der Waals surface area contributed by atoms with Crippen molar-refractivity contribution in [2.75, 3.05) is 7.05 Å². The van der Waals surface area contributed by atoms with E-state index in [1.807, 2.05) is 0 Å². The second-order valence-corrected chi connectivity index (χ2v) is 5.94. The van der Waals surface area contributed by atoms with Gasteiger partial charge in [-0.05, 0) is 23.8 Å². The van der Waals surface area contributed by atoms with Gasteiger partial charge in [0.15, 0.2) is 5.69 Å². The maximum Gasteiger partial charge on any atom is 0.434 e. The minimum atomic E-state index is -4.85. The van der Waals surface area contributed by atoms with E-state index in [0.29, 0.717) is 4.68 Å². The van der Waals surface area contributed by atoms with Gasteiger partial charge in [-0.1, -0.05) is 36.4 Å². The summed E-state index contributed by atoms with van der Waals surface area (Å²) in [7, 11) is 1.41. The van der Waals surface area contributed by atoms with Gasteiger partial charge in [-0.25, -0.2) is 9.07 Å². The highest BCUT2D eigenvalue weighted by molar-refractivity contribution is 5.95. The zero-order chi connectivity index (χ0) is 19.6. The number of rotatable bonds is 4. The van der Waals surface area contributed by atoms with Gasteiger partial charge < -0.3 is 4.90 Å². The van der Waals surface area contributed by atoms with Crippen molar-refractivity contribution in [3.8, 4) is 5.69 Å². The number of benzene rings is 2. The zero-order valence-electron chi connectivity index (χ0n) is 14.2.